The summed E-state index contributed by atoms with van der Waals surface area (Å²) in [5.74, 6) is 0.483. The van der Waals surface area contributed by atoms with Gasteiger partial charge in [-0.15, -0.1) is 0 Å². The Morgan fingerprint density at radius 1 is 1.20 bits per heavy atom. The molecule has 0 bridgehead atoms. The van der Waals surface area contributed by atoms with Crippen LogP contribution in [0.3, 0.4) is 0 Å². The summed E-state index contributed by atoms with van der Waals surface area (Å²) in [5, 5.41) is 7.98. The molecule has 2 rings (SSSR count). The molecule has 0 spiro atoms. The van der Waals surface area contributed by atoms with Crippen LogP contribution in [0.2, 0.25) is 0 Å². The smallest absolute Gasteiger partial charge is 0.0662 e. The van der Waals surface area contributed by atoms with Crippen molar-refractivity contribution >= 4 is 0 Å². The third kappa shape index (κ3) is 3.48. The molecule has 0 saturated heterocycles. The Labute approximate surface area is 122 Å². The second kappa shape index (κ2) is 6.71. The standard InChI is InChI=1S/C17H25N3/c1-5-18-10-16-11-19-20(17(16)13(2)3)12-15-8-6-14(4)7-9-15/h6-9,11,13,18H,5,10,12H2,1-4H3. The maximum atomic E-state index is 4.58. The zero-order valence-electron chi connectivity index (χ0n) is 13.0. The first kappa shape index (κ1) is 14.8. The van der Waals surface area contributed by atoms with Gasteiger partial charge in [-0.1, -0.05) is 50.6 Å². The Bertz CT molecular complexity index is 538. The van der Waals surface area contributed by atoms with E-state index in [1.54, 1.807) is 0 Å². The molecule has 0 amide bonds. The summed E-state index contributed by atoms with van der Waals surface area (Å²) in [5.41, 5.74) is 5.25. The number of benzene rings is 1. The number of rotatable bonds is 6. The summed E-state index contributed by atoms with van der Waals surface area (Å²) in [4.78, 5) is 0. The maximum absolute atomic E-state index is 4.58. The molecule has 20 heavy (non-hydrogen) atoms. The van der Waals surface area contributed by atoms with Gasteiger partial charge in [-0.3, -0.25) is 4.68 Å². The van der Waals surface area contributed by atoms with E-state index < -0.39 is 0 Å². The fourth-order valence-corrected chi connectivity index (χ4v) is 2.49. The van der Waals surface area contributed by atoms with Crippen LogP contribution in [-0.4, -0.2) is 16.3 Å². The predicted octanol–water partition coefficient (Wildman–Crippen LogP) is 3.47. The number of hydrogen-bond acceptors (Lipinski definition) is 2. The van der Waals surface area contributed by atoms with Crippen molar-refractivity contribution in [3.63, 3.8) is 0 Å². The van der Waals surface area contributed by atoms with Crippen LogP contribution >= 0.6 is 0 Å². The number of aryl methyl sites for hydroxylation is 1. The topological polar surface area (TPSA) is 29.9 Å². The average Bonchev–Trinajstić information content (AvgIpc) is 2.82. The summed E-state index contributed by atoms with van der Waals surface area (Å²) in [6, 6.07) is 8.69. The van der Waals surface area contributed by atoms with Crippen molar-refractivity contribution in [1.29, 1.82) is 0 Å². The van der Waals surface area contributed by atoms with Crippen molar-refractivity contribution in [3.8, 4) is 0 Å². The normalized spacial score (nSPS) is 11.2. The molecule has 0 fully saturated rings. The van der Waals surface area contributed by atoms with E-state index in [9.17, 15) is 0 Å². The summed E-state index contributed by atoms with van der Waals surface area (Å²) in [6.45, 7) is 11.5. The Kier molecular flexibility index (Phi) is 4.96. The van der Waals surface area contributed by atoms with Crippen molar-refractivity contribution in [2.45, 2.75) is 46.7 Å². The van der Waals surface area contributed by atoms with Crippen LogP contribution in [0.25, 0.3) is 0 Å². The first-order chi connectivity index (χ1) is 9.61. The van der Waals surface area contributed by atoms with Gasteiger partial charge in [0.25, 0.3) is 0 Å². The minimum Gasteiger partial charge on any atom is -0.313 e. The van der Waals surface area contributed by atoms with Gasteiger partial charge in [-0.25, -0.2) is 0 Å². The van der Waals surface area contributed by atoms with E-state index in [0.717, 1.165) is 19.6 Å². The molecule has 1 N–H and O–H groups in total. The van der Waals surface area contributed by atoms with E-state index in [-0.39, 0.29) is 0 Å². The zero-order valence-corrected chi connectivity index (χ0v) is 13.0. The highest BCUT2D eigenvalue weighted by Gasteiger charge is 2.14. The summed E-state index contributed by atoms with van der Waals surface area (Å²) in [6.07, 6.45) is 2.01. The molecule has 0 aliphatic heterocycles. The van der Waals surface area contributed by atoms with Crippen LogP contribution < -0.4 is 5.32 Å². The fourth-order valence-electron chi connectivity index (χ4n) is 2.49. The summed E-state index contributed by atoms with van der Waals surface area (Å²) in [7, 11) is 0. The van der Waals surface area contributed by atoms with Crippen molar-refractivity contribution in [1.82, 2.24) is 15.1 Å². The van der Waals surface area contributed by atoms with Crippen LogP contribution in [0, 0.1) is 6.92 Å². The molecule has 0 unspecified atom stereocenters. The lowest BCUT2D eigenvalue weighted by atomic mass is 10.1. The predicted molar refractivity (Wildman–Crippen MR) is 84.0 cm³/mol. The molecule has 0 radical (unpaired) electrons. The molecule has 2 aromatic rings. The average molecular weight is 271 g/mol. The van der Waals surface area contributed by atoms with E-state index in [1.807, 2.05) is 6.20 Å². The maximum Gasteiger partial charge on any atom is 0.0662 e. The van der Waals surface area contributed by atoms with Crippen molar-refractivity contribution in [3.05, 3.63) is 52.8 Å². The van der Waals surface area contributed by atoms with Gasteiger partial charge in [0, 0.05) is 17.8 Å². The molecular weight excluding hydrogens is 246 g/mol. The van der Waals surface area contributed by atoms with Gasteiger partial charge >= 0.3 is 0 Å². The van der Waals surface area contributed by atoms with Crippen LogP contribution in [0.1, 0.15) is 49.1 Å². The summed E-state index contributed by atoms with van der Waals surface area (Å²) < 4.78 is 2.14. The third-order valence-electron chi connectivity index (χ3n) is 3.53. The number of hydrogen-bond donors (Lipinski definition) is 1. The van der Waals surface area contributed by atoms with Crippen LogP contribution in [0.15, 0.2) is 30.5 Å². The van der Waals surface area contributed by atoms with Gasteiger partial charge < -0.3 is 5.32 Å². The van der Waals surface area contributed by atoms with Crippen LogP contribution in [0.4, 0.5) is 0 Å². The second-order valence-corrected chi connectivity index (χ2v) is 5.63. The Hall–Kier alpha value is -1.61. The van der Waals surface area contributed by atoms with Gasteiger partial charge in [0.1, 0.15) is 0 Å². The van der Waals surface area contributed by atoms with Crippen molar-refractivity contribution in [2.75, 3.05) is 6.54 Å². The van der Waals surface area contributed by atoms with Gasteiger partial charge in [0.2, 0.25) is 0 Å². The van der Waals surface area contributed by atoms with Gasteiger partial charge in [0.15, 0.2) is 0 Å². The minimum atomic E-state index is 0.483. The molecule has 0 aliphatic rings. The molecule has 1 heterocycles. The van der Waals surface area contributed by atoms with Crippen LogP contribution in [0.5, 0.6) is 0 Å². The van der Waals surface area contributed by atoms with E-state index >= 15 is 0 Å². The van der Waals surface area contributed by atoms with E-state index in [4.69, 9.17) is 0 Å². The number of nitrogens with one attached hydrogen (secondary N) is 1. The van der Waals surface area contributed by atoms with E-state index in [0.29, 0.717) is 5.92 Å². The lowest BCUT2D eigenvalue weighted by Gasteiger charge is -2.13. The Balaban J connectivity index is 2.22. The SMILES string of the molecule is CCNCc1cnn(Cc2ccc(C)cc2)c1C(C)C. The second-order valence-electron chi connectivity index (χ2n) is 5.63. The molecule has 0 aliphatic carbocycles. The number of nitrogens with zero attached hydrogens (tertiary/aromatic N) is 2. The first-order valence-corrected chi connectivity index (χ1v) is 7.42. The lowest BCUT2D eigenvalue weighted by molar-refractivity contribution is 0.609. The largest absolute Gasteiger partial charge is 0.313 e. The van der Waals surface area contributed by atoms with Crippen LogP contribution in [-0.2, 0) is 13.1 Å². The monoisotopic (exact) mass is 271 g/mol. The van der Waals surface area contributed by atoms with Gasteiger partial charge in [-0.2, -0.15) is 5.10 Å². The molecule has 3 heteroatoms. The molecule has 108 valence electrons. The highest BCUT2D eigenvalue weighted by molar-refractivity contribution is 5.25. The minimum absolute atomic E-state index is 0.483. The van der Waals surface area contributed by atoms with Gasteiger partial charge in [-0.05, 0) is 24.9 Å². The number of aromatic nitrogens is 2. The van der Waals surface area contributed by atoms with E-state index in [1.165, 1.54) is 22.4 Å². The molecular formula is C17H25N3. The van der Waals surface area contributed by atoms with Gasteiger partial charge in [0.05, 0.1) is 12.7 Å². The molecule has 3 nitrogen and oxygen atoms in total. The Morgan fingerprint density at radius 2 is 1.90 bits per heavy atom. The molecule has 1 aromatic heterocycles. The van der Waals surface area contributed by atoms with Crippen molar-refractivity contribution < 1.29 is 0 Å². The van der Waals surface area contributed by atoms with E-state index in [2.05, 4.69) is 67.1 Å². The zero-order chi connectivity index (χ0) is 14.5. The first-order valence-electron chi connectivity index (χ1n) is 7.42. The lowest BCUT2D eigenvalue weighted by Crippen LogP contribution is -2.15. The summed E-state index contributed by atoms with van der Waals surface area (Å²) >= 11 is 0. The van der Waals surface area contributed by atoms with Crippen molar-refractivity contribution in [2.24, 2.45) is 0 Å². The highest BCUT2D eigenvalue weighted by atomic mass is 15.3. The fraction of sp³-hybridized carbons (Fsp3) is 0.471. The Morgan fingerprint density at radius 3 is 2.50 bits per heavy atom. The third-order valence-corrected chi connectivity index (χ3v) is 3.53. The highest BCUT2D eigenvalue weighted by Crippen LogP contribution is 2.20. The quantitative estimate of drug-likeness (QED) is 0.872. The molecule has 1 aromatic carbocycles. The molecule has 0 saturated carbocycles. The molecule has 0 atom stereocenters.